The van der Waals surface area contributed by atoms with Gasteiger partial charge in [0, 0.05) is 0 Å². The number of nitriles is 1. The topological polar surface area (TPSA) is 62.1 Å². The number of carbonyl (C=O) groups excluding carboxylic acids is 1. The standard InChI is InChI=1S/C19H16F2N2O2/c1-25-13-5-6-14-12(9-13)3-2-4-17(14)23-19(24)18-15(20)7-11(10-22)8-16(18)21/h5-9,17H,2-4H2,1H3,(H,23,24). The third-order valence-electron chi connectivity index (χ3n) is 4.37. The second-order valence-electron chi connectivity index (χ2n) is 5.91. The fourth-order valence-electron chi connectivity index (χ4n) is 3.15. The lowest BCUT2D eigenvalue weighted by Crippen LogP contribution is -2.32. The van der Waals surface area contributed by atoms with Crippen LogP contribution in [0.3, 0.4) is 0 Å². The number of nitrogens with zero attached hydrogens (tertiary/aromatic N) is 1. The van der Waals surface area contributed by atoms with Crippen molar-refractivity contribution in [1.82, 2.24) is 5.32 Å². The molecule has 0 radical (unpaired) electrons. The molecule has 0 aromatic heterocycles. The molecule has 0 fully saturated rings. The monoisotopic (exact) mass is 342 g/mol. The highest BCUT2D eigenvalue weighted by atomic mass is 19.1. The minimum atomic E-state index is -1.04. The van der Waals surface area contributed by atoms with Crippen LogP contribution in [0.1, 0.15) is 45.9 Å². The number of fused-ring (bicyclic) bond motifs is 1. The first-order valence-electron chi connectivity index (χ1n) is 7.90. The van der Waals surface area contributed by atoms with Gasteiger partial charge in [-0.25, -0.2) is 8.78 Å². The van der Waals surface area contributed by atoms with Crippen molar-refractivity contribution in [2.45, 2.75) is 25.3 Å². The van der Waals surface area contributed by atoms with E-state index in [1.807, 2.05) is 12.1 Å². The zero-order valence-electron chi connectivity index (χ0n) is 13.6. The molecule has 0 saturated carbocycles. The van der Waals surface area contributed by atoms with Gasteiger partial charge in [-0.3, -0.25) is 4.79 Å². The predicted octanol–water partition coefficient (Wildman–Crippen LogP) is 3.65. The Labute approximate surface area is 144 Å². The zero-order valence-corrected chi connectivity index (χ0v) is 13.6. The Kier molecular flexibility index (Phi) is 4.66. The average molecular weight is 342 g/mol. The Morgan fingerprint density at radius 3 is 2.64 bits per heavy atom. The van der Waals surface area contributed by atoms with Crippen molar-refractivity contribution in [3.8, 4) is 11.8 Å². The van der Waals surface area contributed by atoms with Crippen molar-refractivity contribution in [2.24, 2.45) is 0 Å². The van der Waals surface area contributed by atoms with Crippen LogP contribution in [-0.4, -0.2) is 13.0 Å². The van der Waals surface area contributed by atoms with Crippen molar-refractivity contribution < 1.29 is 18.3 Å². The largest absolute Gasteiger partial charge is 0.497 e. The molecular weight excluding hydrogens is 326 g/mol. The fraction of sp³-hybridized carbons (Fsp3) is 0.263. The molecule has 1 N–H and O–H groups in total. The van der Waals surface area contributed by atoms with Gasteiger partial charge in [0.1, 0.15) is 22.9 Å². The maximum Gasteiger partial charge on any atom is 0.257 e. The minimum Gasteiger partial charge on any atom is -0.497 e. The van der Waals surface area contributed by atoms with Gasteiger partial charge in [0.2, 0.25) is 0 Å². The summed E-state index contributed by atoms with van der Waals surface area (Å²) in [5.74, 6) is -2.18. The first kappa shape index (κ1) is 16.9. The molecule has 1 aliphatic carbocycles. The van der Waals surface area contributed by atoms with Gasteiger partial charge in [0.15, 0.2) is 0 Å². The molecule has 0 aliphatic heterocycles. The van der Waals surface area contributed by atoms with E-state index in [-0.39, 0.29) is 11.6 Å². The number of halogens is 2. The zero-order chi connectivity index (χ0) is 18.0. The second kappa shape index (κ2) is 6.89. The molecule has 1 aliphatic rings. The maximum absolute atomic E-state index is 14.0. The number of aryl methyl sites for hydroxylation is 1. The summed E-state index contributed by atoms with van der Waals surface area (Å²) in [6.07, 6.45) is 2.40. The normalized spacial score (nSPS) is 15.8. The SMILES string of the molecule is COc1ccc2c(c1)CCCC2NC(=O)c1c(F)cc(C#N)cc1F. The smallest absolute Gasteiger partial charge is 0.257 e. The molecule has 25 heavy (non-hydrogen) atoms. The van der Waals surface area contributed by atoms with E-state index in [2.05, 4.69) is 5.32 Å². The summed E-state index contributed by atoms with van der Waals surface area (Å²) in [6, 6.07) is 8.63. The maximum atomic E-state index is 14.0. The highest BCUT2D eigenvalue weighted by Gasteiger charge is 2.26. The van der Waals surface area contributed by atoms with Gasteiger partial charge in [0.25, 0.3) is 5.91 Å². The van der Waals surface area contributed by atoms with E-state index in [9.17, 15) is 13.6 Å². The van der Waals surface area contributed by atoms with Crippen LogP contribution in [0.2, 0.25) is 0 Å². The summed E-state index contributed by atoms with van der Waals surface area (Å²) in [4.78, 5) is 12.4. The van der Waals surface area contributed by atoms with Gasteiger partial charge in [-0.15, -0.1) is 0 Å². The van der Waals surface area contributed by atoms with E-state index in [1.165, 1.54) is 0 Å². The number of amides is 1. The first-order chi connectivity index (χ1) is 12.0. The molecule has 1 atom stereocenters. The number of rotatable bonds is 3. The van der Waals surface area contributed by atoms with Crippen molar-refractivity contribution in [3.05, 3.63) is 64.2 Å². The van der Waals surface area contributed by atoms with E-state index < -0.39 is 23.1 Å². The van der Waals surface area contributed by atoms with Crippen LogP contribution in [0.25, 0.3) is 0 Å². The molecule has 3 rings (SSSR count). The number of carbonyl (C=O) groups is 1. The molecule has 2 aromatic carbocycles. The Morgan fingerprint density at radius 2 is 2.00 bits per heavy atom. The molecule has 1 amide bonds. The molecule has 6 heteroatoms. The molecule has 2 aromatic rings. The number of methoxy groups -OCH3 is 1. The van der Waals surface area contributed by atoms with E-state index >= 15 is 0 Å². The molecule has 0 bridgehead atoms. The predicted molar refractivity (Wildman–Crippen MR) is 87.2 cm³/mol. The molecule has 0 saturated heterocycles. The molecule has 0 heterocycles. The van der Waals surface area contributed by atoms with Crippen LogP contribution >= 0.6 is 0 Å². The van der Waals surface area contributed by atoms with Gasteiger partial charge in [-0.2, -0.15) is 5.26 Å². The van der Waals surface area contributed by atoms with Crippen molar-refractivity contribution in [2.75, 3.05) is 7.11 Å². The third-order valence-corrected chi connectivity index (χ3v) is 4.37. The second-order valence-corrected chi connectivity index (χ2v) is 5.91. The summed E-state index contributed by atoms with van der Waals surface area (Å²) in [6.45, 7) is 0. The minimum absolute atomic E-state index is 0.165. The molecule has 0 spiro atoms. The number of ether oxygens (including phenoxy) is 1. The lowest BCUT2D eigenvalue weighted by atomic mass is 9.87. The first-order valence-corrected chi connectivity index (χ1v) is 7.90. The van der Waals surface area contributed by atoms with Crippen molar-refractivity contribution in [3.63, 3.8) is 0 Å². The summed E-state index contributed by atoms with van der Waals surface area (Å²) in [5, 5.41) is 11.4. The van der Waals surface area contributed by atoms with E-state index in [0.29, 0.717) is 6.42 Å². The molecule has 128 valence electrons. The molecular formula is C19H16F2N2O2. The van der Waals surface area contributed by atoms with E-state index in [4.69, 9.17) is 10.00 Å². The Bertz CT molecular complexity index is 851. The van der Waals surface area contributed by atoms with Crippen LogP contribution < -0.4 is 10.1 Å². The number of hydrogen-bond donors (Lipinski definition) is 1. The fourth-order valence-corrected chi connectivity index (χ4v) is 3.15. The van der Waals surface area contributed by atoms with Gasteiger partial charge < -0.3 is 10.1 Å². The quantitative estimate of drug-likeness (QED) is 0.926. The van der Waals surface area contributed by atoms with Gasteiger partial charge in [-0.1, -0.05) is 6.07 Å². The highest BCUT2D eigenvalue weighted by Crippen LogP contribution is 2.32. The van der Waals surface area contributed by atoms with E-state index in [1.54, 1.807) is 19.2 Å². The summed E-state index contributed by atoms with van der Waals surface area (Å²) >= 11 is 0. The van der Waals surface area contributed by atoms with Gasteiger partial charge in [0.05, 0.1) is 24.8 Å². The van der Waals surface area contributed by atoms with Crippen molar-refractivity contribution >= 4 is 5.91 Å². The summed E-state index contributed by atoms with van der Waals surface area (Å²) in [7, 11) is 1.58. The number of benzene rings is 2. The number of nitrogens with one attached hydrogen (secondary N) is 1. The lowest BCUT2D eigenvalue weighted by Gasteiger charge is -2.27. The van der Waals surface area contributed by atoms with Gasteiger partial charge >= 0.3 is 0 Å². The Balaban J connectivity index is 1.87. The Hall–Kier alpha value is -2.94. The highest BCUT2D eigenvalue weighted by molar-refractivity contribution is 5.95. The Morgan fingerprint density at radius 1 is 1.28 bits per heavy atom. The lowest BCUT2D eigenvalue weighted by molar-refractivity contribution is 0.0924. The average Bonchev–Trinajstić information content (AvgIpc) is 2.60. The summed E-state index contributed by atoms with van der Waals surface area (Å²) in [5.41, 5.74) is 1.15. The molecule has 4 nitrogen and oxygen atoms in total. The van der Waals surface area contributed by atoms with Crippen LogP contribution in [0.15, 0.2) is 30.3 Å². The summed E-state index contributed by atoms with van der Waals surface area (Å²) < 4.78 is 33.3. The van der Waals surface area contributed by atoms with Gasteiger partial charge in [-0.05, 0) is 54.7 Å². The number of hydrogen-bond acceptors (Lipinski definition) is 3. The van der Waals surface area contributed by atoms with Crippen LogP contribution in [0.5, 0.6) is 5.75 Å². The molecule has 1 unspecified atom stereocenters. The van der Waals surface area contributed by atoms with Crippen LogP contribution in [0, 0.1) is 23.0 Å². The van der Waals surface area contributed by atoms with Crippen LogP contribution in [0.4, 0.5) is 8.78 Å². The van der Waals surface area contributed by atoms with Crippen molar-refractivity contribution in [1.29, 1.82) is 5.26 Å². The van der Waals surface area contributed by atoms with E-state index in [0.717, 1.165) is 41.9 Å². The van der Waals surface area contributed by atoms with Crippen LogP contribution in [-0.2, 0) is 6.42 Å². The third kappa shape index (κ3) is 3.31.